The zero-order valence-electron chi connectivity index (χ0n) is 12.1. The first-order valence-corrected chi connectivity index (χ1v) is 8.04. The number of rotatable bonds is 3. The zero-order valence-corrected chi connectivity index (χ0v) is 13.6. The molecule has 0 radical (unpaired) electrons. The highest BCUT2D eigenvalue weighted by molar-refractivity contribution is 6.37. The van der Waals surface area contributed by atoms with Crippen molar-refractivity contribution in [2.24, 2.45) is 0 Å². The van der Waals surface area contributed by atoms with Gasteiger partial charge >= 0.3 is 0 Å². The van der Waals surface area contributed by atoms with Gasteiger partial charge in [0.05, 0.1) is 12.7 Å². The molecule has 1 aliphatic heterocycles. The molecule has 1 N–H and O–H groups in total. The molecule has 1 atom stereocenters. The maximum atomic E-state index is 6.16. The van der Waals surface area contributed by atoms with Crippen molar-refractivity contribution in [2.45, 2.75) is 6.10 Å². The van der Waals surface area contributed by atoms with E-state index in [0.29, 0.717) is 10.0 Å². The molecule has 2 aromatic rings. The highest BCUT2D eigenvalue weighted by atomic mass is 35.5. The summed E-state index contributed by atoms with van der Waals surface area (Å²) in [6.45, 7) is 2.55. The molecule has 0 aliphatic carbocycles. The van der Waals surface area contributed by atoms with Gasteiger partial charge in [0.2, 0.25) is 0 Å². The van der Waals surface area contributed by atoms with Gasteiger partial charge in [-0.15, -0.1) is 0 Å². The van der Waals surface area contributed by atoms with Gasteiger partial charge in [-0.05, 0) is 23.3 Å². The van der Waals surface area contributed by atoms with Crippen molar-refractivity contribution in [1.82, 2.24) is 5.32 Å². The predicted octanol–water partition coefficient (Wildman–Crippen LogP) is 4.82. The van der Waals surface area contributed by atoms with E-state index in [4.69, 9.17) is 27.9 Å². The molecule has 0 spiro atoms. The summed E-state index contributed by atoms with van der Waals surface area (Å²) in [5.41, 5.74) is 3.14. The van der Waals surface area contributed by atoms with E-state index < -0.39 is 0 Å². The van der Waals surface area contributed by atoms with Gasteiger partial charge in [0.15, 0.2) is 0 Å². The molecular formula is C18H17Cl2NO. The van der Waals surface area contributed by atoms with Crippen LogP contribution < -0.4 is 5.32 Å². The van der Waals surface area contributed by atoms with E-state index in [9.17, 15) is 0 Å². The summed E-state index contributed by atoms with van der Waals surface area (Å²) < 4.78 is 5.75. The van der Waals surface area contributed by atoms with Crippen molar-refractivity contribution in [3.8, 4) is 0 Å². The highest BCUT2D eigenvalue weighted by Crippen LogP contribution is 2.26. The van der Waals surface area contributed by atoms with Gasteiger partial charge in [-0.25, -0.2) is 0 Å². The fraction of sp³-hybridized carbons (Fsp3) is 0.222. The molecule has 1 unspecified atom stereocenters. The largest absolute Gasteiger partial charge is 0.371 e. The Labute approximate surface area is 140 Å². The SMILES string of the molecule is Clc1cccc(Cl)c1C=Cc1ccc(C2CNCCO2)cc1. The number of hydrogen-bond donors (Lipinski definition) is 1. The summed E-state index contributed by atoms with van der Waals surface area (Å²) in [5, 5.41) is 4.65. The quantitative estimate of drug-likeness (QED) is 0.812. The number of benzene rings is 2. The maximum absolute atomic E-state index is 6.16. The third kappa shape index (κ3) is 3.71. The lowest BCUT2D eigenvalue weighted by molar-refractivity contribution is 0.0277. The highest BCUT2D eigenvalue weighted by Gasteiger charge is 2.14. The van der Waals surface area contributed by atoms with Crippen LogP contribution >= 0.6 is 23.2 Å². The Hall–Kier alpha value is -1.32. The lowest BCUT2D eigenvalue weighted by Gasteiger charge is -2.23. The second-order valence-corrected chi connectivity index (χ2v) is 6.01. The Kier molecular flexibility index (Phi) is 5.16. The summed E-state index contributed by atoms with van der Waals surface area (Å²) in [4.78, 5) is 0. The molecule has 22 heavy (non-hydrogen) atoms. The van der Waals surface area contributed by atoms with Crippen LogP contribution in [0.1, 0.15) is 22.8 Å². The monoisotopic (exact) mass is 333 g/mol. The van der Waals surface area contributed by atoms with Crippen molar-refractivity contribution in [2.75, 3.05) is 19.7 Å². The Morgan fingerprint density at radius 2 is 1.73 bits per heavy atom. The minimum atomic E-state index is 0.143. The second-order valence-electron chi connectivity index (χ2n) is 5.20. The molecule has 0 bridgehead atoms. The lowest BCUT2D eigenvalue weighted by atomic mass is 10.1. The molecule has 114 valence electrons. The summed E-state index contributed by atoms with van der Waals surface area (Å²) in [7, 11) is 0. The van der Waals surface area contributed by atoms with Crippen LogP contribution in [0.4, 0.5) is 0 Å². The average Bonchev–Trinajstić information content (AvgIpc) is 2.56. The molecular weight excluding hydrogens is 317 g/mol. The third-order valence-corrected chi connectivity index (χ3v) is 4.34. The molecule has 0 amide bonds. The van der Waals surface area contributed by atoms with Gasteiger partial charge in [-0.2, -0.15) is 0 Å². The number of hydrogen-bond acceptors (Lipinski definition) is 2. The summed E-state index contributed by atoms with van der Waals surface area (Å²) in [6, 6.07) is 13.9. The Morgan fingerprint density at radius 1 is 1.00 bits per heavy atom. The Bertz CT molecular complexity index is 641. The second kappa shape index (κ2) is 7.30. The molecule has 1 fully saturated rings. The van der Waals surface area contributed by atoms with Crippen LogP contribution in [0.15, 0.2) is 42.5 Å². The average molecular weight is 334 g/mol. The first-order chi connectivity index (χ1) is 10.7. The van der Waals surface area contributed by atoms with E-state index in [1.807, 2.05) is 30.4 Å². The van der Waals surface area contributed by atoms with Crippen LogP contribution in [0.3, 0.4) is 0 Å². The molecule has 2 aromatic carbocycles. The van der Waals surface area contributed by atoms with E-state index in [1.165, 1.54) is 5.56 Å². The minimum Gasteiger partial charge on any atom is -0.371 e. The molecule has 4 heteroatoms. The van der Waals surface area contributed by atoms with Crippen molar-refractivity contribution in [3.63, 3.8) is 0 Å². The van der Waals surface area contributed by atoms with E-state index >= 15 is 0 Å². The summed E-state index contributed by atoms with van der Waals surface area (Å²) in [5.74, 6) is 0. The van der Waals surface area contributed by atoms with Crippen molar-refractivity contribution < 1.29 is 4.74 Å². The summed E-state index contributed by atoms with van der Waals surface area (Å²) >= 11 is 12.3. The van der Waals surface area contributed by atoms with Gasteiger partial charge in [-0.1, -0.05) is 65.7 Å². The van der Waals surface area contributed by atoms with Crippen LogP contribution in [-0.4, -0.2) is 19.7 Å². The first-order valence-electron chi connectivity index (χ1n) is 7.28. The summed E-state index contributed by atoms with van der Waals surface area (Å²) in [6.07, 6.45) is 4.10. The van der Waals surface area contributed by atoms with Crippen molar-refractivity contribution in [3.05, 3.63) is 69.2 Å². The van der Waals surface area contributed by atoms with Crippen LogP contribution in [0, 0.1) is 0 Å². The van der Waals surface area contributed by atoms with Crippen LogP contribution in [0.25, 0.3) is 12.2 Å². The minimum absolute atomic E-state index is 0.143. The van der Waals surface area contributed by atoms with E-state index in [-0.39, 0.29) is 6.10 Å². The Balaban J connectivity index is 1.74. The van der Waals surface area contributed by atoms with Crippen molar-refractivity contribution >= 4 is 35.4 Å². The predicted molar refractivity (Wildman–Crippen MR) is 93.4 cm³/mol. The van der Waals surface area contributed by atoms with Crippen LogP contribution in [0.2, 0.25) is 10.0 Å². The van der Waals surface area contributed by atoms with E-state index in [1.54, 1.807) is 0 Å². The number of halogens is 2. The normalized spacial score (nSPS) is 18.7. The van der Waals surface area contributed by atoms with Crippen LogP contribution in [0.5, 0.6) is 0 Å². The molecule has 0 aromatic heterocycles. The smallest absolute Gasteiger partial charge is 0.0949 e. The number of morpholine rings is 1. The van der Waals surface area contributed by atoms with Gasteiger partial charge in [0.25, 0.3) is 0 Å². The molecule has 2 nitrogen and oxygen atoms in total. The standard InChI is InChI=1S/C18H17Cl2NO/c19-16-2-1-3-17(20)15(16)9-6-13-4-7-14(8-5-13)18-12-21-10-11-22-18/h1-9,18,21H,10-12H2. The van der Waals surface area contributed by atoms with Gasteiger partial charge in [0, 0.05) is 28.7 Å². The molecule has 1 aliphatic rings. The molecule has 1 saturated heterocycles. The topological polar surface area (TPSA) is 21.3 Å². The first kappa shape index (κ1) is 15.6. The zero-order chi connectivity index (χ0) is 15.4. The number of ether oxygens (including phenoxy) is 1. The van der Waals surface area contributed by atoms with Crippen LogP contribution in [-0.2, 0) is 4.74 Å². The van der Waals surface area contributed by atoms with Gasteiger partial charge in [0.1, 0.15) is 0 Å². The number of nitrogens with one attached hydrogen (secondary N) is 1. The third-order valence-electron chi connectivity index (χ3n) is 3.68. The Morgan fingerprint density at radius 3 is 2.36 bits per heavy atom. The van der Waals surface area contributed by atoms with Gasteiger partial charge < -0.3 is 10.1 Å². The molecule has 1 heterocycles. The molecule has 3 rings (SSSR count). The maximum Gasteiger partial charge on any atom is 0.0949 e. The van der Waals surface area contributed by atoms with E-state index in [2.05, 4.69) is 29.6 Å². The fourth-order valence-electron chi connectivity index (χ4n) is 2.45. The van der Waals surface area contributed by atoms with Gasteiger partial charge in [-0.3, -0.25) is 0 Å². The fourth-order valence-corrected chi connectivity index (χ4v) is 2.97. The lowest BCUT2D eigenvalue weighted by Crippen LogP contribution is -2.33. The van der Waals surface area contributed by atoms with Crippen molar-refractivity contribution in [1.29, 1.82) is 0 Å². The van der Waals surface area contributed by atoms with E-state index in [0.717, 1.165) is 30.8 Å². The molecule has 0 saturated carbocycles.